The molecule has 0 aliphatic carbocycles. The van der Waals surface area contributed by atoms with Gasteiger partial charge in [0, 0.05) is 10.7 Å². The van der Waals surface area contributed by atoms with E-state index in [0.717, 1.165) is 17.0 Å². The maximum atomic E-state index is 9.78. The molecule has 1 atom stereocenters. The molecule has 1 unspecified atom stereocenters. The quantitative estimate of drug-likeness (QED) is 0.883. The second-order valence-electron chi connectivity index (χ2n) is 4.82. The third-order valence-electron chi connectivity index (χ3n) is 3.29. The van der Waals surface area contributed by atoms with E-state index in [-0.39, 0.29) is 6.61 Å². The van der Waals surface area contributed by atoms with Gasteiger partial charge in [0.25, 0.3) is 0 Å². The lowest BCUT2D eigenvalue weighted by molar-refractivity contribution is 0.224. The number of hydrogen-bond donors (Lipinski definition) is 2. The lowest BCUT2D eigenvalue weighted by atomic mass is 9.92. The van der Waals surface area contributed by atoms with Crippen molar-refractivity contribution in [1.82, 2.24) is 0 Å². The Labute approximate surface area is 124 Å². The van der Waals surface area contributed by atoms with Crippen molar-refractivity contribution >= 4 is 17.3 Å². The largest absolute Gasteiger partial charge is 0.497 e. The smallest absolute Gasteiger partial charge is 0.119 e. The molecule has 4 heteroatoms. The van der Waals surface area contributed by atoms with Crippen LogP contribution in [-0.2, 0) is 5.54 Å². The average molecular weight is 292 g/mol. The van der Waals surface area contributed by atoms with E-state index in [2.05, 4.69) is 5.32 Å². The van der Waals surface area contributed by atoms with E-state index >= 15 is 0 Å². The first kappa shape index (κ1) is 14.7. The van der Waals surface area contributed by atoms with Crippen molar-refractivity contribution in [2.24, 2.45) is 0 Å². The number of halogens is 1. The summed E-state index contributed by atoms with van der Waals surface area (Å²) in [6, 6.07) is 15.1. The predicted molar refractivity (Wildman–Crippen MR) is 82.5 cm³/mol. The minimum Gasteiger partial charge on any atom is -0.497 e. The Hall–Kier alpha value is -1.71. The van der Waals surface area contributed by atoms with Crippen LogP contribution in [0.5, 0.6) is 5.75 Å². The zero-order valence-electron chi connectivity index (χ0n) is 11.6. The molecular weight excluding hydrogens is 274 g/mol. The van der Waals surface area contributed by atoms with Gasteiger partial charge in [0.05, 0.1) is 19.3 Å². The van der Waals surface area contributed by atoms with Gasteiger partial charge in [-0.15, -0.1) is 0 Å². The summed E-state index contributed by atoms with van der Waals surface area (Å²) in [6.45, 7) is 1.85. The summed E-state index contributed by atoms with van der Waals surface area (Å²) < 4.78 is 5.13. The summed E-state index contributed by atoms with van der Waals surface area (Å²) in [5.41, 5.74) is 1.11. The molecule has 0 spiro atoms. The van der Waals surface area contributed by atoms with Gasteiger partial charge in [0.15, 0.2) is 0 Å². The molecule has 0 aromatic heterocycles. The molecule has 0 heterocycles. The van der Waals surface area contributed by atoms with E-state index in [1.54, 1.807) is 7.11 Å². The fourth-order valence-corrected chi connectivity index (χ4v) is 2.44. The molecule has 3 nitrogen and oxygen atoms in total. The van der Waals surface area contributed by atoms with Gasteiger partial charge in [0.1, 0.15) is 5.75 Å². The number of hydrogen-bond acceptors (Lipinski definition) is 3. The second kappa shape index (κ2) is 6.16. The number of nitrogens with one attached hydrogen (secondary N) is 1. The van der Waals surface area contributed by atoms with Crippen LogP contribution < -0.4 is 10.1 Å². The summed E-state index contributed by atoms with van der Waals surface area (Å²) >= 11 is 6.23. The molecule has 0 bridgehead atoms. The van der Waals surface area contributed by atoms with E-state index in [1.807, 2.05) is 55.5 Å². The average Bonchev–Trinajstić information content (AvgIpc) is 2.48. The van der Waals surface area contributed by atoms with E-state index < -0.39 is 5.54 Å². The van der Waals surface area contributed by atoms with Gasteiger partial charge in [-0.1, -0.05) is 29.8 Å². The Bertz CT molecular complexity index is 571. The molecule has 0 radical (unpaired) electrons. The molecular formula is C16H18ClNO2. The SMILES string of the molecule is COc1ccc(NC(C)(CO)c2ccccc2Cl)cc1. The molecule has 20 heavy (non-hydrogen) atoms. The van der Waals surface area contributed by atoms with Crippen LogP contribution in [-0.4, -0.2) is 18.8 Å². The number of aliphatic hydroxyl groups excluding tert-OH is 1. The highest BCUT2D eigenvalue weighted by atomic mass is 35.5. The van der Waals surface area contributed by atoms with Gasteiger partial charge in [-0.3, -0.25) is 0 Å². The maximum absolute atomic E-state index is 9.78. The zero-order chi connectivity index (χ0) is 14.6. The van der Waals surface area contributed by atoms with Gasteiger partial charge in [-0.2, -0.15) is 0 Å². The first-order chi connectivity index (χ1) is 9.59. The summed E-state index contributed by atoms with van der Waals surface area (Å²) in [5, 5.41) is 13.7. The van der Waals surface area contributed by atoms with Crippen LogP contribution in [0.4, 0.5) is 5.69 Å². The summed E-state index contributed by atoms with van der Waals surface area (Å²) in [6.07, 6.45) is 0. The van der Waals surface area contributed by atoms with Gasteiger partial charge >= 0.3 is 0 Å². The van der Waals surface area contributed by atoms with Crippen molar-refractivity contribution in [3.63, 3.8) is 0 Å². The molecule has 0 aliphatic heterocycles. The lowest BCUT2D eigenvalue weighted by Crippen LogP contribution is -2.36. The monoisotopic (exact) mass is 291 g/mol. The van der Waals surface area contributed by atoms with Gasteiger partial charge in [0.2, 0.25) is 0 Å². The molecule has 2 aromatic carbocycles. The predicted octanol–water partition coefficient (Wildman–Crippen LogP) is 3.67. The minimum atomic E-state index is -0.646. The Balaban J connectivity index is 2.29. The number of benzene rings is 2. The highest BCUT2D eigenvalue weighted by Gasteiger charge is 2.27. The topological polar surface area (TPSA) is 41.5 Å². The fraction of sp³-hybridized carbons (Fsp3) is 0.250. The van der Waals surface area contributed by atoms with Crippen LogP contribution in [0, 0.1) is 0 Å². The molecule has 0 fully saturated rings. The van der Waals surface area contributed by atoms with Crippen molar-refractivity contribution in [2.75, 3.05) is 19.0 Å². The molecule has 0 amide bonds. The molecule has 0 aliphatic rings. The number of aliphatic hydroxyl groups is 1. The first-order valence-corrected chi connectivity index (χ1v) is 6.75. The van der Waals surface area contributed by atoms with Crippen LogP contribution >= 0.6 is 11.6 Å². The molecule has 2 N–H and O–H groups in total. The first-order valence-electron chi connectivity index (χ1n) is 6.37. The fourth-order valence-electron chi connectivity index (χ4n) is 2.09. The highest BCUT2D eigenvalue weighted by Crippen LogP contribution is 2.31. The van der Waals surface area contributed by atoms with Crippen molar-refractivity contribution in [3.8, 4) is 5.75 Å². The Morgan fingerprint density at radius 2 is 1.80 bits per heavy atom. The van der Waals surface area contributed by atoms with Crippen molar-refractivity contribution in [3.05, 3.63) is 59.1 Å². The standard InChI is InChI=1S/C16H18ClNO2/c1-16(11-19,14-5-3-4-6-15(14)17)18-12-7-9-13(20-2)10-8-12/h3-10,18-19H,11H2,1-2H3. The maximum Gasteiger partial charge on any atom is 0.119 e. The third kappa shape index (κ3) is 3.06. The number of methoxy groups -OCH3 is 1. The van der Waals surface area contributed by atoms with E-state index in [4.69, 9.17) is 16.3 Å². The second-order valence-corrected chi connectivity index (χ2v) is 5.23. The molecule has 2 aromatic rings. The van der Waals surface area contributed by atoms with Crippen LogP contribution in [0.2, 0.25) is 5.02 Å². The van der Waals surface area contributed by atoms with Gasteiger partial charge in [-0.05, 0) is 42.8 Å². The van der Waals surface area contributed by atoms with Gasteiger partial charge in [-0.25, -0.2) is 0 Å². The Kier molecular flexibility index (Phi) is 4.53. The van der Waals surface area contributed by atoms with E-state index in [0.29, 0.717) is 5.02 Å². The lowest BCUT2D eigenvalue weighted by Gasteiger charge is -2.31. The van der Waals surface area contributed by atoms with Gasteiger partial charge < -0.3 is 15.2 Å². The Morgan fingerprint density at radius 1 is 1.15 bits per heavy atom. The zero-order valence-corrected chi connectivity index (χ0v) is 12.3. The normalized spacial score (nSPS) is 13.6. The van der Waals surface area contributed by atoms with Crippen molar-refractivity contribution in [1.29, 1.82) is 0 Å². The van der Waals surface area contributed by atoms with Crippen molar-refractivity contribution < 1.29 is 9.84 Å². The van der Waals surface area contributed by atoms with Crippen LogP contribution in [0.3, 0.4) is 0 Å². The summed E-state index contributed by atoms with van der Waals surface area (Å²) in [4.78, 5) is 0. The Morgan fingerprint density at radius 3 is 2.35 bits per heavy atom. The van der Waals surface area contributed by atoms with Crippen LogP contribution in [0.25, 0.3) is 0 Å². The third-order valence-corrected chi connectivity index (χ3v) is 3.62. The molecule has 0 saturated heterocycles. The summed E-state index contributed by atoms with van der Waals surface area (Å²) in [5.74, 6) is 0.791. The van der Waals surface area contributed by atoms with E-state index in [1.165, 1.54) is 0 Å². The highest BCUT2D eigenvalue weighted by molar-refractivity contribution is 6.31. The summed E-state index contributed by atoms with van der Waals surface area (Å²) in [7, 11) is 1.63. The van der Waals surface area contributed by atoms with Crippen molar-refractivity contribution in [2.45, 2.75) is 12.5 Å². The number of ether oxygens (including phenoxy) is 1. The van der Waals surface area contributed by atoms with E-state index in [9.17, 15) is 5.11 Å². The molecule has 2 rings (SSSR count). The minimum absolute atomic E-state index is 0.0667. The number of rotatable bonds is 5. The molecule has 106 valence electrons. The number of anilines is 1. The van der Waals surface area contributed by atoms with Crippen LogP contribution in [0.15, 0.2) is 48.5 Å². The van der Waals surface area contributed by atoms with Crippen LogP contribution in [0.1, 0.15) is 12.5 Å². The molecule has 0 saturated carbocycles.